The van der Waals surface area contributed by atoms with Crippen LogP contribution >= 0.6 is 11.3 Å². The largest absolute Gasteiger partial charge is 0.328 e. The first-order valence-corrected chi connectivity index (χ1v) is 8.33. The fourth-order valence-corrected chi connectivity index (χ4v) is 3.82. The van der Waals surface area contributed by atoms with E-state index in [0.717, 1.165) is 24.3 Å². The number of imidazole rings is 1. The minimum absolute atomic E-state index is 0.318. The maximum absolute atomic E-state index is 4.84. The molecule has 2 aromatic heterocycles. The van der Waals surface area contributed by atoms with E-state index in [1.807, 2.05) is 7.05 Å². The van der Waals surface area contributed by atoms with Crippen molar-refractivity contribution in [3.63, 3.8) is 0 Å². The first-order valence-electron chi connectivity index (χ1n) is 7.38. The van der Waals surface area contributed by atoms with Crippen molar-refractivity contribution in [2.24, 2.45) is 0 Å². The number of thiophene rings is 1. The van der Waals surface area contributed by atoms with Crippen molar-refractivity contribution in [1.82, 2.24) is 14.9 Å². The molecule has 0 radical (unpaired) electrons. The van der Waals surface area contributed by atoms with E-state index in [2.05, 4.69) is 58.8 Å². The van der Waals surface area contributed by atoms with Gasteiger partial charge in [0.2, 0.25) is 0 Å². The quantitative estimate of drug-likeness (QED) is 0.773. The lowest BCUT2D eigenvalue weighted by Crippen LogP contribution is -2.21. The Kier molecular flexibility index (Phi) is 4.08. The molecule has 1 atom stereocenters. The zero-order valence-corrected chi connectivity index (χ0v) is 13.6. The molecule has 4 heteroatoms. The maximum Gasteiger partial charge on any atom is 0.111 e. The molecule has 0 spiro atoms. The van der Waals surface area contributed by atoms with Crippen molar-refractivity contribution in [3.05, 3.63) is 52.0 Å². The van der Waals surface area contributed by atoms with Crippen LogP contribution in [-0.4, -0.2) is 16.6 Å². The van der Waals surface area contributed by atoms with Gasteiger partial charge in [0.25, 0.3) is 0 Å². The number of aryl methyl sites for hydroxylation is 2. The molecule has 0 aliphatic carbocycles. The van der Waals surface area contributed by atoms with Gasteiger partial charge in [0.15, 0.2) is 0 Å². The third kappa shape index (κ3) is 2.61. The summed E-state index contributed by atoms with van der Waals surface area (Å²) in [5.41, 5.74) is 5.06. The molecule has 0 saturated heterocycles. The molecule has 0 aliphatic heterocycles. The minimum atomic E-state index is 0.318. The van der Waals surface area contributed by atoms with Crippen LogP contribution in [0, 0.1) is 6.92 Å². The van der Waals surface area contributed by atoms with Crippen molar-refractivity contribution in [2.45, 2.75) is 32.9 Å². The van der Waals surface area contributed by atoms with E-state index in [1.165, 1.54) is 16.6 Å². The SMILES string of the molecule is CCn1c(CC(NC)c2cscc2C)nc2ccccc21. The third-order valence-electron chi connectivity index (χ3n) is 4.06. The molecule has 1 N–H and O–H groups in total. The number of rotatable bonds is 5. The lowest BCUT2D eigenvalue weighted by atomic mass is 10.0. The number of nitrogens with zero attached hydrogens (tertiary/aromatic N) is 2. The van der Waals surface area contributed by atoms with E-state index < -0.39 is 0 Å². The molecule has 0 fully saturated rings. The molecule has 0 amide bonds. The van der Waals surface area contributed by atoms with Crippen LogP contribution in [-0.2, 0) is 13.0 Å². The monoisotopic (exact) mass is 299 g/mol. The van der Waals surface area contributed by atoms with Gasteiger partial charge in [0.1, 0.15) is 5.82 Å². The summed E-state index contributed by atoms with van der Waals surface area (Å²) >= 11 is 1.77. The second-order valence-corrected chi connectivity index (χ2v) is 6.06. The normalized spacial score (nSPS) is 12.9. The Balaban J connectivity index is 1.98. The third-order valence-corrected chi connectivity index (χ3v) is 4.94. The van der Waals surface area contributed by atoms with Crippen molar-refractivity contribution in [3.8, 4) is 0 Å². The molecule has 3 nitrogen and oxygen atoms in total. The summed E-state index contributed by atoms with van der Waals surface area (Å²) in [6.07, 6.45) is 0.913. The van der Waals surface area contributed by atoms with Crippen LogP contribution in [0.2, 0.25) is 0 Å². The van der Waals surface area contributed by atoms with Crippen molar-refractivity contribution >= 4 is 22.4 Å². The van der Waals surface area contributed by atoms with Crippen LogP contribution in [0.4, 0.5) is 0 Å². The highest BCUT2D eigenvalue weighted by atomic mass is 32.1. The first kappa shape index (κ1) is 14.3. The van der Waals surface area contributed by atoms with Gasteiger partial charge in [-0.2, -0.15) is 11.3 Å². The Morgan fingerprint density at radius 2 is 2.10 bits per heavy atom. The lowest BCUT2D eigenvalue weighted by Gasteiger charge is -2.17. The van der Waals surface area contributed by atoms with Crippen LogP contribution in [0.25, 0.3) is 11.0 Å². The van der Waals surface area contributed by atoms with Crippen LogP contribution < -0.4 is 5.32 Å². The predicted octanol–water partition coefficient (Wildman–Crippen LogP) is 3.93. The van der Waals surface area contributed by atoms with E-state index in [0.29, 0.717) is 6.04 Å². The Hall–Kier alpha value is -1.65. The summed E-state index contributed by atoms with van der Waals surface area (Å²) in [5, 5.41) is 7.90. The van der Waals surface area contributed by atoms with Gasteiger partial charge in [0, 0.05) is 19.0 Å². The Morgan fingerprint density at radius 1 is 1.29 bits per heavy atom. The summed E-state index contributed by atoms with van der Waals surface area (Å²) in [4.78, 5) is 4.84. The summed E-state index contributed by atoms with van der Waals surface area (Å²) in [5.74, 6) is 1.16. The number of nitrogens with one attached hydrogen (secondary N) is 1. The molecular formula is C17H21N3S. The number of para-hydroxylation sites is 2. The van der Waals surface area contributed by atoms with E-state index in [1.54, 1.807) is 11.3 Å². The highest BCUT2D eigenvalue weighted by molar-refractivity contribution is 7.08. The van der Waals surface area contributed by atoms with Gasteiger partial charge < -0.3 is 9.88 Å². The second-order valence-electron chi connectivity index (χ2n) is 5.32. The molecule has 1 unspecified atom stereocenters. The van der Waals surface area contributed by atoms with E-state index in [-0.39, 0.29) is 0 Å². The van der Waals surface area contributed by atoms with Crippen molar-refractivity contribution < 1.29 is 0 Å². The van der Waals surface area contributed by atoms with Crippen molar-refractivity contribution in [1.29, 1.82) is 0 Å². The van der Waals surface area contributed by atoms with Gasteiger partial charge >= 0.3 is 0 Å². The number of likely N-dealkylation sites (N-methyl/N-ethyl adjacent to an activating group) is 1. The molecule has 2 heterocycles. The fourth-order valence-electron chi connectivity index (χ4n) is 2.91. The summed E-state index contributed by atoms with van der Waals surface area (Å²) in [7, 11) is 2.03. The van der Waals surface area contributed by atoms with E-state index >= 15 is 0 Å². The smallest absolute Gasteiger partial charge is 0.111 e. The fraction of sp³-hybridized carbons (Fsp3) is 0.353. The molecule has 110 valence electrons. The Bertz CT molecular complexity index is 741. The number of benzene rings is 1. The molecule has 3 aromatic rings. The van der Waals surface area contributed by atoms with Crippen LogP contribution in [0.5, 0.6) is 0 Å². The zero-order valence-electron chi connectivity index (χ0n) is 12.8. The number of hydrogen-bond acceptors (Lipinski definition) is 3. The molecule has 1 aromatic carbocycles. The van der Waals surface area contributed by atoms with Gasteiger partial charge in [-0.05, 0) is 54.9 Å². The molecule has 0 bridgehead atoms. The van der Waals surface area contributed by atoms with E-state index in [4.69, 9.17) is 4.98 Å². The lowest BCUT2D eigenvalue weighted by molar-refractivity contribution is 0.556. The van der Waals surface area contributed by atoms with E-state index in [9.17, 15) is 0 Å². The summed E-state index contributed by atoms with van der Waals surface area (Å²) in [6, 6.07) is 8.70. The Morgan fingerprint density at radius 3 is 2.76 bits per heavy atom. The van der Waals surface area contributed by atoms with Crippen molar-refractivity contribution in [2.75, 3.05) is 7.05 Å². The van der Waals surface area contributed by atoms with Gasteiger partial charge in [-0.25, -0.2) is 4.98 Å². The van der Waals surface area contributed by atoms with Gasteiger partial charge in [-0.3, -0.25) is 0 Å². The second kappa shape index (κ2) is 6.00. The molecule has 3 rings (SSSR count). The predicted molar refractivity (Wildman–Crippen MR) is 90.0 cm³/mol. The zero-order chi connectivity index (χ0) is 14.8. The molecule has 0 saturated carbocycles. The van der Waals surface area contributed by atoms with Crippen LogP contribution in [0.1, 0.15) is 29.9 Å². The first-order chi connectivity index (χ1) is 10.2. The standard InChI is InChI=1S/C17H21N3S/c1-4-20-16-8-6-5-7-14(16)19-17(20)9-15(18-3)13-11-21-10-12(13)2/h5-8,10-11,15,18H,4,9H2,1-3H3. The minimum Gasteiger partial charge on any atom is -0.328 e. The summed E-state index contributed by atoms with van der Waals surface area (Å²) < 4.78 is 2.32. The average Bonchev–Trinajstić information content (AvgIpc) is 3.07. The number of fused-ring (bicyclic) bond motifs is 1. The van der Waals surface area contributed by atoms with Crippen LogP contribution in [0.3, 0.4) is 0 Å². The molecule has 21 heavy (non-hydrogen) atoms. The average molecular weight is 299 g/mol. The maximum atomic E-state index is 4.84. The van der Waals surface area contributed by atoms with Crippen LogP contribution in [0.15, 0.2) is 35.0 Å². The number of aromatic nitrogens is 2. The van der Waals surface area contributed by atoms with Gasteiger partial charge in [0.05, 0.1) is 11.0 Å². The highest BCUT2D eigenvalue weighted by Gasteiger charge is 2.17. The Labute approximate surface area is 129 Å². The summed E-state index contributed by atoms with van der Waals surface area (Å²) in [6.45, 7) is 5.32. The number of hydrogen-bond donors (Lipinski definition) is 1. The van der Waals surface area contributed by atoms with Gasteiger partial charge in [-0.1, -0.05) is 12.1 Å². The van der Waals surface area contributed by atoms with Gasteiger partial charge in [-0.15, -0.1) is 0 Å². The highest BCUT2D eigenvalue weighted by Crippen LogP contribution is 2.26. The molecule has 0 aliphatic rings. The topological polar surface area (TPSA) is 29.9 Å². The molecular weight excluding hydrogens is 278 g/mol.